The van der Waals surface area contributed by atoms with Gasteiger partial charge in [0.25, 0.3) is 0 Å². The molecule has 0 aliphatic heterocycles. The number of hydrogen-bond donors (Lipinski definition) is 1. The highest BCUT2D eigenvalue weighted by Crippen LogP contribution is 2.08. The molecule has 84 valence electrons. The number of esters is 1. The molecule has 0 saturated heterocycles. The Kier molecular flexibility index (Phi) is 3.79. The Bertz CT molecular complexity index is 312. The van der Waals surface area contributed by atoms with Crippen molar-refractivity contribution in [3.05, 3.63) is 12.7 Å². The first-order valence-electron chi connectivity index (χ1n) is 4.81. The highest BCUT2D eigenvalue weighted by atomic mass is 16.5. The van der Waals surface area contributed by atoms with Gasteiger partial charge in [-0.3, -0.25) is 4.68 Å². The van der Waals surface area contributed by atoms with Gasteiger partial charge < -0.3 is 10.1 Å². The lowest BCUT2D eigenvalue weighted by molar-refractivity contribution is -0.151. The number of nitrogens with zero attached hydrogens (tertiary/aromatic N) is 3. The summed E-state index contributed by atoms with van der Waals surface area (Å²) in [4.78, 5) is 15.5. The van der Waals surface area contributed by atoms with E-state index in [1.54, 1.807) is 31.9 Å². The SMILES string of the molecule is CCOC(=O)C(C)(Cn1cncn1)NC. The van der Waals surface area contributed by atoms with E-state index in [1.807, 2.05) is 0 Å². The van der Waals surface area contributed by atoms with E-state index in [-0.39, 0.29) is 5.97 Å². The Balaban J connectivity index is 2.72. The van der Waals surface area contributed by atoms with Gasteiger partial charge in [-0.15, -0.1) is 0 Å². The number of rotatable bonds is 5. The molecule has 0 radical (unpaired) electrons. The Morgan fingerprint density at radius 3 is 2.87 bits per heavy atom. The van der Waals surface area contributed by atoms with Gasteiger partial charge in [0.05, 0.1) is 13.2 Å². The third kappa shape index (κ3) is 2.76. The molecule has 0 fully saturated rings. The molecule has 0 aromatic carbocycles. The van der Waals surface area contributed by atoms with E-state index in [4.69, 9.17) is 4.74 Å². The zero-order valence-electron chi connectivity index (χ0n) is 9.23. The van der Waals surface area contributed by atoms with Gasteiger partial charge in [0.15, 0.2) is 0 Å². The summed E-state index contributed by atoms with van der Waals surface area (Å²) in [5.74, 6) is -0.289. The fraction of sp³-hybridized carbons (Fsp3) is 0.667. The maximum absolute atomic E-state index is 11.7. The number of hydrogen-bond acceptors (Lipinski definition) is 5. The molecular weight excluding hydrogens is 196 g/mol. The van der Waals surface area contributed by atoms with Gasteiger partial charge >= 0.3 is 5.97 Å². The summed E-state index contributed by atoms with van der Waals surface area (Å²) in [7, 11) is 1.72. The van der Waals surface area contributed by atoms with Gasteiger partial charge in [-0.2, -0.15) is 5.10 Å². The minimum absolute atomic E-state index is 0.289. The molecule has 1 unspecified atom stereocenters. The Morgan fingerprint density at radius 1 is 1.67 bits per heavy atom. The molecule has 1 heterocycles. The predicted molar refractivity (Wildman–Crippen MR) is 54.1 cm³/mol. The molecule has 1 aromatic heterocycles. The number of ether oxygens (including phenoxy) is 1. The van der Waals surface area contributed by atoms with Crippen molar-refractivity contribution in [2.75, 3.05) is 13.7 Å². The second kappa shape index (κ2) is 4.88. The summed E-state index contributed by atoms with van der Waals surface area (Å²) in [6.07, 6.45) is 3.00. The Morgan fingerprint density at radius 2 is 2.40 bits per heavy atom. The Hall–Kier alpha value is -1.43. The van der Waals surface area contributed by atoms with Crippen LogP contribution in [0, 0.1) is 0 Å². The van der Waals surface area contributed by atoms with Gasteiger partial charge in [-0.05, 0) is 20.9 Å². The van der Waals surface area contributed by atoms with Gasteiger partial charge in [0.2, 0.25) is 0 Å². The van der Waals surface area contributed by atoms with Crippen LogP contribution in [-0.2, 0) is 16.1 Å². The molecule has 0 spiro atoms. The van der Waals surface area contributed by atoms with E-state index in [1.165, 1.54) is 6.33 Å². The standard InChI is InChI=1S/C9H16N4O2/c1-4-15-8(14)9(2,10-3)5-13-7-11-6-12-13/h6-7,10H,4-5H2,1-3H3. The first-order chi connectivity index (χ1) is 7.12. The molecular formula is C9H16N4O2. The quantitative estimate of drug-likeness (QED) is 0.686. The average molecular weight is 212 g/mol. The van der Waals surface area contributed by atoms with E-state index in [0.29, 0.717) is 13.2 Å². The van der Waals surface area contributed by atoms with E-state index in [9.17, 15) is 4.79 Å². The third-order valence-corrected chi connectivity index (χ3v) is 2.22. The van der Waals surface area contributed by atoms with E-state index < -0.39 is 5.54 Å². The summed E-state index contributed by atoms with van der Waals surface area (Å²) >= 11 is 0. The minimum atomic E-state index is -0.774. The fourth-order valence-corrected chi connectivity index (χ4v) is 1.17. The van der Waals surface area contributed by atoms with Crippen LogP contribution in [0.25, 0.3) is 0 Å². The lowest BCUT2D eigenvalue weighted by atomic mass is 10.0. The molecule has 0 bridgehead atoms. The number of aromatic nitrogens is 3. The van der Waals surface area contributed by atoms with E-state index >= 15 is 0 Å². The maximum Gasteiger partial charge on any atom is 0.327 e. The summed E-state index contributed by atoms with van der Waals surface area (Å²) in [6.45, 7) is 4.31. The van der Waals surface area contributed by atoms with Gasteiger partial charge in [0.1, 0.15) is 18.2 Å². The minimum Gasteiger partial charge on any atom is -0.465 e. The number of likely N-dealkylation sites (N-methyl/N-ethyl adjacent to an activating group) is 1. The highest BCUT2D eigenvalue weighted by Gasteiger charge is 2.33. The highest BCUT2D eigenvalue weighted by molar-refractivity contribution is 5.80. The summed E-state index contributed by atoms with van der Waals surface area (Å²) in [6, 6.07) is 0. The van der Waals surface area contributed by atoms with Crippen LogP contribution in [0.4, 0.5) is 0 Å². The molecule has 0 aliphatic carbocycles. The van der Waals surface area contributed by atoms with Gasteiger partial charge in [0, 0.05) is 0 Å². The summed E-state index contributed by atoms with van der Waals surface area (Å²) in [5, 5.41) is 6.89. The molecule has 6 nitrogen and oxygen atoms in total. The zero-order chi connectivity index (χ0) is 11.3. The van der Waals surface area contributed by atoms with Crippen LogP contribution in [0.1, 0.15) is 13.8 Å². The smallest absolute Gasteiger partial charge is 0.327 e. The largest absolute Gasteiger partial charge is 0.465 e. The lowest BCUT2D eigenvalue weighted by Gasteiger charge is -2.26. The maximum atomic E-state index is 11.7. The number of nitrogens with one attached hydrogen (secondary N) is 1. The van der Waals surface area contributed by atoms with Crippen molar-refractivity contribution < 1.29 is 9.53 Å². The summed E-state index contributed by atoms with van der Waals surface area (Å²) in [5.41, 5.74) is -0.774. The number of carbonyl (C=O) groups is 1. The van der Waals surface area contributed by atoms with Crippen LogP contribution in [-0.4, -0.2) is 39.9 Å². The van der Waals surface area contributed by atoms with Crippen LogP contribution in [0.15, 0.2) is 12.7 Å². The third-order valence-electron chi connectivity index (χ3n) is 2.22. The second-order valence-electron chi connectivity index (χ2n) is 3.40. The van der Waals surface area contributed by atoms with Crippen molar-refractivity contribution in [3.63, 3.8) is 0 Å². The van der Waals surface area contributed by atoms with Crippen molar-refractivity contribution in [1.29, 1.82) is 0 Å². The van der Waals surface area contributed by atoms with Gasteiger partial charge in [-0.25, -0.2) is 9.78 Å². The van der Waals surface area contributed by atoms with Crippen molar-refractivity contribution in [2.24, 2.45) is 0 Å². The average Bonchev–Trinajstić information content (AvgIpc) is 2.70. The molecule has 0 aliphatic rings. The van der Waals surface area contributed by atoms with Crippen molar-refractivity contribution >= 4 is 5.97 Å². The molecule has 1 rings (SSSR count). The topological polar surface area (TPSA) is 69.0 Å². The van der Waals surface area contributed by atoms with Gasteiger partial charge in [-0.1, -0.05) is 0 Å². The first kappa shape index (κ1) is 11.6. The molecule has 6 heteroatoms. The molecule has 1 atom stereocenters. The second-order valence-corrected chi connectivity index (χ2v) is 3.40. The summed E-state index contributed by atoms with van der Waals surface area (Å²) < 4.78 is 6.57. The van der Waals surface area contributed by atoms with E-state index in [2.05, 4.69) is 15.4 Å². The fourth-order valence-electron chi connectivity index (χ4n) is 1.17. The normalized spacial score (nSPS) is 14.6. The molecule has 15 heavy (non-hydrogen) atoms. The van der Waals surface area contributed by atoms with Crippen LogP contribution in [0.5, 0.6) is 0 Å². The van der Waals surface area contributed by atoms with Crippen molar-refractivity contribution in [2.45, 2.75) is 25.9 Å². The molecule has 1 N–H and O–H groups in total. The van der Waals surface area contributed by atoms with Crippen molar-refractivity contribution in [1.82, 2.24) is 20.1 Å². The van der Waals surface area contributed by atoms with Crippen LogP contribution < -0.4 is 5.32 Å². The van der Waals surface area contributed by atoms with Crippen molar-refractivity contribution in [3.8, 4) is 0 Å². The molecule has 0 amide bonds. The molecule has 0 saturated carbocycles. The van der Waals surface area contributed by atoms with Crippen LogP contribution in [0.3, 0.4) is 0 Å². The van der Waals surface area contributed by atoms with E-state index in [0.717, 1.165) is 0 Å². The lowest BCUT2D eigenvalue weighted by Crippen LogP contribution is -2.52. The number of carbonyl (C=O) groups excluding carboxylic acids is 1. The molecule has 1 aromatic rings. The van der Waals surface area contributed by atoms with Crippen LogP contribution >= 0.6 is 0 Å². The predicted octanol–water partition coefficient (Wildman–Crippen LogP) is -0.181. The monoisotopic (exact) mass is 212 g/mol. The first-order valence-corrected chi connectivity index (χ1v) is 4.81. The zero-order valence-corrected chi connectivity index (χ0v) is 9.23. The van der Waals surface area contributed by atoms with Crippen LogP contribution in [0.2, 0.25) is 0 Å². The Labute approximate surface area is 88.6 Å².